The van der Waals surface area contributed by atoms with Crippen LogP contribution in [0.3, 0.4) is 0 Å². The van der Waals surface area contributed by atoms with E-state index >= 15 is 0 Å². The van der Waals surface area contributed by atoms with Gasteiger partial charge in [-0.1, -0.05) is 12.1 Å². The van der Waals surface area contributed by atoms with E-state index in [1.807, 2.05) is 29.2 Å². The second-order valence-electron chi connectivity index (χ2n) is 7.72. The van der Waals surface area contributed by atoms with Gasteiger partial charge in [-0.25, -0.2) is 0 Å². The monoisotopic (exact) mass is 393 g/mol. The van der Waals surface area contributed by atoms with Crippen molar-refractivity contribution in [3.8, 4) is 17.0 Å². The Labute approximate surface area is 168 Å². The first-order chi connectivity index (χ1) is 14.2. The van der Waals surface area contributed by atoms with E-state index in [4.69, 9.17) is 9.15 Å². The van der Waals surface area contributed by atoms with Gasteiger partial charge in [0, 0.05) is 30.5 Å². The summed E-state index contributed by atoms with van der Waals surface area (Å²) < 4.78 is 11.1. The van der Waals surface area contributed by atoms with Crippen molar-refractivity contribution in [2.24, 2.45) is 0 Å². The zero-order valence-electron chi connectivity index (χ0n) is 16.3. The molecule has 2 aromatic heterocycles. The van der Waals surface area contributed by atoms with Gasteiger partial charge in [-0.05, 0) is 43.9 Å². The third-order valence-corrected chi connectivity index (χ3v) is 5.69. The third kappa shape index (κ3) is 3.62. The van der Waals surface area contributed by atoms with Gasteiger partial charge in [0.2, 0.25) is 11.8 Å². The van der Waals surface area contributed by atoms with Crippen molar-refractivity contribution in [2.45, 2.75) is 37.5 Å². The SMILES string of the molecule is COc1cccc(-c2cc(C(=O)N3CCC(c4nnc(C5CC5)o4)CC3)[nH]n2)c1. The van der Waals surface area contributed by atoms with E-state index in [1.54, 1.807) is 13.2 Å². The predicted molar refractivity (Wildman–Crippen MR) is 105 cm³/mol. The smallest absolute Gasteiger partial charge is 0.271 e. The molecule has 0 atom stereocenters. The number of carbonyl (C=O) groups excluding carboxylic acids is 1. The van der Waals surface area contributed by atoms with Crippen molar-refractivity contribution < 1.29 is 13.9 Å². The molecule has 8 heteroatoms. The number of hydrogen-bond donors (Lipinski definition) is 1. The van der Waals surface area contributed by atoms with Crippen molar-refractivity contribution in [3.63, 3.8) is 0 Å². The fourth-order valence-corrected chi connectivity index (χ4v) is 3.77. The Morgan fingerprint density at radius 2 is 1.83 bits per heavy atom. The molecule has 29 heavy (non-hydrogen) atoms. The summed E-state index contributed by atoms with van der Waals surface area (Å²) in [6, 6.07) is 9.42. The molecule has 5 rings (SSSR count). The number of benzene rings is 1. The second kappa shape index (κ2) is 7.35. The van der Waals surface area contributed by atoms with Crippen LogP contribution < -0.4 is 4.74 Å². The van der Waals surface area contributed by atoms with Gasteiger partial charge < -0.3 is 14.1 Å². The van der Waals surface area contributed by atoms with Crippen LogP contribution in [0.1, 0.15) is 59.8 Å². The molecule has 2 aliphatic rings. The fraction of sp³-hybridized carbons (Fsp3) is 0.429. The van der Waals surface area contributed by atoms with E-state index in [0.717, 1.165) is 54.5 Å². The molecule has 150 valence electrons. The number of piperidine rings is 1. The molecule has 3 aromatic rings. The van der Waals surface area contributed by atoms with Crippen molar-refractivity contribution in [1.29, 1.82) is 0 Å². The van der Waals surface area contributed by atoms with Gasteiger partial charge in [0.15, 0.2) is 0 Å². The van der Waals surface area contributed by atoms with Gasteiger partial charge in [0.05, 0.1) is 12.8 Å². The Balaban J connectivity index is 1.23. The molecule has 0 spiro atoms. The third-order valence-electron chi connectivity index (χ3n) is 5.69. The molecule has 1 saturated heterocycles. The highest BCUT2D eigenvalue weighted by atomic mass is 16.5. The zero-order valence-corrected chi connectivity index (χ0v) is 16.3. The van der Waals surface area contributed by atoms with E-state index in [9.17, 15) is 4.79 Å². The van der Waals surface area contributed by atoms with Gasteiger partial charge in [-0.2, -0.15) is 5.10 Å². The van der Waals surface area contributed by atoms with Gasteiger partial charge in [-0.3, -0.25) is 9.89 Å². The van der Waals surface area contributed by atoms with E-state index in [1.165, 1.54) is 0 Å². The van der Waals surface area contributed by atoms with Crippen molar-refractivity contribution in [1.82, 2.24) is 25.3 Å². The number of rotatable bonds is 5. The number of nitrogens with zero attached hydrogens (tertiary/aromatic N) is 4. The lowest BCUT2D eigenvalue weighted by atomic mass is 9.96. The maximum absolute atomic E-state index is 12.9. The minimum atomic E-state index is -0.0331. The largest absolute Gasteiger partial charge is 0.497 e. The number of amides is 1. The Morgan fingerprint density at radius 3 is 2.52 bits per heavy atom. The first kappa shape index (κ1) is 17.9. The molecule has 1 aliphatic carbocycles. The predicted octanol–water partition coefficient (Wildman–Crippen LogP) is 3.37. The number of hydrogen-bond acceptors (Lipinski definition) is 6. The summed E-state index contributed by atoms with van der Waals surface area (Å²) in [5.41, 5.74) is 2.12. The van der Waals surface area contributed by atoms with Crippen molar-refractivity contribution in [3.05, 3.63) is 47.8 Å². The molecule has 8 nitrogen and oxygen atoms in total. The van der Waals surface area contributed by atoms with Gasteiger partial charge >= 0.3 is 0 Å². The number of H-pyrrole nitrogens is 1. The summed E-state index contributed by atoms with van der Waals surface area (Å²) in [7, 11) is 1.63. The summed E-state index contributed by atoms with van der Waals surface area (Å²) in [5.74, 6) is 2.92. The quantitative estimate of drug-likeness (QED) is 0.714. The van der Waals surface area contributed by atoms with E-state index in [-0.39, 0.29) is 11.8 Å². The molecule has 1 amide bonds. The van der Waals surface area contributed by atoms with Crippen LogP contribution in [-0.2, 0) is 0 Å². The average molecular weight is 393 g/mol. The Hall–Kier alpha value is -3.16. The molecule has 1 N–H and O–H groups in total. The van der Waals surface area contributed by atoms with Gasteiger partial charge in [0.1, 0.15) is 11.4 Å². The number of methoxy groups -OCH3 is 1. The Kier molecular flexibility index (Phi) is 4.54. The van der Waals surface area contributed by atoms with Crippen LogP contribution in [-0.4, -0.2) is 51.4 Å². The normalized spacial score (nSPS) is 17.5. The number of likely N-dealkylation sites (tertiary alicyclic amines) is 1. The minimum absolute atomic E-state index is 0.0331. The van der Waals surface area contributed by atoms with Crippen LogP contribution in [0.4, 0.5) is 0 Å². The number of carbonyl (C=O) groups is 1. The molecule has 2 fully saturated rings. The highest BCUT2D eigenvalue weighted by Gasteiger charge is 2.32. The van der Waals surface area contributed by atoms with E-state index in [0.29, 0.717) is 24.7 Å². The number of aromatic nitrogens is 4. The highest BCUT2D eigenvalue weighted by molar-refractivity contribution is 5.93. The van der Waals surface area contributed by atoms with E-state index < -0.39 is 0 Å². The summed E-state index contributed by atoms with van der Waals surface area (Å²) >= 11 is 0. The van der Waals surface area contributed by atoms with Gasteiger partial charge in [-0.15, -0.1) is 10.2 Å². The molecule has 0 bridgehead atoms. The maximum Gasteiger partial charge on any atom is 0.271 e. The van der Waals surface area contributed by atoms with Crippen LogP contribution in [0.25, 0.3) is 11.3 Å². The topological polar surface area (TPSA) is 97.1 Å². The average Bonchev–Trinajstić information content (AvgIpc) is 3.29. The highest BCUT2D eigenvalue weighted by Crippen LogP contribution is 2.40. The molecule has 3 heterocycles. The Morgan fingerprint density at radius 1 is 1.10 bits per heavy atom. The molecule has 1 saturated carbocycles. The molecular weight excluding hydrogens is 370 g/mol. The van der Waals surface area contributed by atoms with Crippen LogP contribution in [0.2, 0.25) is 0 Å². The van der Waals surface area contributed by atoms with Crippen LogP contribution >= 0.6 is 0 Å². The molecule has 0 radical (unpaired) electrons. The lowest BCUT2D eigenvalue weighted by Crippen LogP contribution is -2.38. The van der Waals surface area contributed by atoms with Crippen LogP contribution in [0, 0.1) is 0 Å². The Bertz CT molecular complexity index is 1010. The minimum Gasteiger partial charge on any atom is -0.497 e. The lowest BCUT2D eigenvalue weighted by molar-refractivity contribution is 0.0700. The van der Waals surface area contributed by atoms with Crippen molar-refractivity contribution >= 4 is 5.91 Å². The standard InChI is InChI=1S/C21H23N5O3/c1-28-16-4-2-3-15(11-16)17-12-18(23-22-17)21(27)26-9-7-14(8-10-26)20-25-24-19(29-20)13-5-6-13/h2-4,11-14H,5-10H2,1H3,(H,22,23). The first-order valence-corrected chi connectivity index (χ1v) is 10.0. The summed E-state index contributed by atoms with van der Waals surface area (Å²) in [6.07, 6.45) is 3.96. The molecule has 1 aliphatic heterocycles. The zero-order chi connectivity index (χ0) is 19.8. The van der Waals surface area contributed by atoms with Crippen molar-refractivity contribution in [2.75, 3.05) is 20.2 Å². The summed E-state index contributed by atoms with van der Waals surface area (Å²) in [4.78, 5) is 14.7. The second-order valence-corrected chi connectivity index (χ2v) is 7.72. The fourth-order valence-electron chi connectivity index (χ4n) is 3.77. The lowest BCUT2D eigenvalue weighted by Gasteiger charge is -2.30. The molecule has 0 unspecified atom stereocenters. The summed E-state index contributed by atoms with van der Waals surface area (Å²) in [6.45, 7) is 1.33. The first-order valence-electron chi connectivity index (χ1n) is 10.0. The number of nitrogens with one attached hydrogen (secondary N) is 1. The van der Waals surface area contributed by atoms with Crippen LogP contribution in [0.5, 0.6) is 5.75 Å². The molecular formula is C21H23N5O3. The molecule has 1 aromatic carbocycles. The number of ether oxygens (including phenoxy) is 1. The van der Waals surface area contributed by atoms with Crippen LogP contribution in [0.15, 0.2) is 34.7 Å². The van der Waals surface area contributed by atoms with Gasteiger partial charge in [0.25, 0.3) is 5.91 Å². The number of aromatic amines is 1. The van der Waals surface area contributed by atoms with E-state index in [2.05, 4.69) is 20.4 Å². The summed E-state index contributed by atoms with van der Waals surface area (Å²) in [5, 5.41) is 15.6. The maximum atomic E-state index is 12.9.